The van der Waals surface area contributed by atoms with Crippen LogP contribution < -0.4 is 0 Å². The van der Waals surface area contributed by atoms with Crippen molar-refractivity contribution < 1.29 is 0 Å². The quantitative estimate of drug-likeness (QED) is 0.753. The molecule has 2 heteroatoms. The fourth-order valence-corrected chi connectivity index (χ4v) is 4.23. The number of hydrogen-bond acceptors (Lipinski definition) is 2. The normalized spacial score (nSPS) is 31.6. The fourth-order valence-electron chi connectivity index (χ4n) is 4.23. The van der Waals surface area contributed by atoms with Gasteiger partial charge in [-0.3, -0.25) is 0 Å². The van der Waals surface area contributed by atoms with E-state index in [1.165, 1.54) is 24.1 Å². The Labute approximate surface area is 117 Å². The standard InChI is InChI=1S/C17H26N2/c1-15(2,3)10-11-9-13-14(19-18-11)12-7-8-17(13,6)16(12,4)5/h9,12H,7-8,10H2,1-6H3/t12-,17+/m1/s1. The summed E-state index contributed by atoms with van der Waals surface area (Å²) in [5.41, 5.74) is 4.85. The molecule has 2 atom stereocenters. The first-order valence-corrected chi connectivity index (χ1v) is 7.52. The smallest absolute Gasteiger partial charge is 0.0705 e. The van der Waals surface area contributed by atoms with E-state index in [-0.39, 0.29) is 5.41 Å². The van der Waals surface area contributed by atoms with Gasteiger partial charge in [-0.25, -0.2) is 0 Å². The van der Waals surface area contributed by atoms with E-state index in [2.05, 4.69) is 57.8 Å². The topological polar surface area (TPSA) is 25.8 Å². The van der Waals surface area contributed by atoms with Gasteiger partial charge in [-0.15, -0.1) is 0 Å². The maximum Gasteiger partial charge on any atom is 0.0705 e. The van der Waals surface area contributed by atoms with Crippen LogP contribution in [0, 0.1) is 10.8 Å². The molecular weight excluding hydrogens is 232 g/mol. The first-order chi connectivity index (χ1) is 8.65. The zero-order chi connectivity index (χ0) is 14.1. The highest BCUT2D eigenvalue weighted by Gasteiger charge is 2.60. The third kappa shape index (κ3) is 1.68. The molecule has 0 radical (unpaired) electrons. The van der Waals surface area contributed by atoms with E-state index in [1.807, 2.05) is 0 Å². The molecule has 0 saturated heterocycles. The van der Waals surface area contributed by atoms with E-state index in [1.54, 1.807) is 0 Å². The number of hydrogen-bond donors (Lipinski definition) is 0. The molecule has 104 valence electrons. The Balaban J connectivity index is 2.06. The molecule has 3 rings (SSSR count). The van der Waals surface area contributed by atoms with E-state index in [0.717, 1.165) is 12.1 Å². The molecule has 0 N–H and O–H groups in total. The molecular formula is C17H26N2. The van der Waals surface area contributed by atoms with Crippen LogP contribution >= 0.6 is 0 Å². The Morgan fingerprint density at radius 1 is 1.21 bits per heavy atom. The largest absolute Gasteiger partial charge is 0.155 e. The van der Waals surface area contributed by atoms with Crippen LogP contribution in [-0.2, 0) is 11.8 Å². The van der Waals surface area contributed by atoms with Crippen molar-refractivity contribution >= 4 is 0 Å². The van der Waals surface area contributed by atoms with E-state index in [9.17, 15) is 0 Å². The Hall–Kier alpha value is -0.920. The Morgan fingerprint density at radius 2 is 1.89 bits per heavy atom. The second kappa shape index (κ2) is 3.59. The lowest BCUT2D eigenvalue weighted by atomic mass is 9.68. The summed E-state index contributed by atoms with van der Waals surface area (Å²) in [6, 6.07) is 2.36. The monoisotopic (exact) mass is 258 g/mol. The average Bonchev–Trinajstić information content (AvgIpc) is 2.58. The number of rotatable bonds is 1. The summed E-state index contributed by atoms with van der Waals surface area (Å²) in [5.74, 6) is 0.615. The van der Waals surface area contributed by atoms with Crippen molar-refractivity contribution in [2.45, 2.75) is 72.1 Å². The Bertz CT molecular complexity index is 525. The summed E-state index contributed by atoms with van der Waals surface area (Å²) in [6.45, 7) is 14.0. The molecule has 0 aliphatic heterocycles. The van der Waals surface area contributed by atoms with Crippen molar-refractivity contribution in [3.8, 4) is 0 Å². The first kappa shape index (κ1) is 13.1. The van der Waals surface area contributed by atoms with Crippen molar-refractivity contribution in [1.82, 2.24) is 10.2 Å². The maximum absolute atomic E-state index is 4.62. The summed E-state index contributed by atoms with van der Waals surface area (Å²) < 4.78 is 0. The molecule has 19 heavy (non-hydrogen) atoms. The summed E-state index contributed by atoms with van der Waals surface area (Å²) in [5, 5.41) is 9.12. The van der Waals surface area contributed by atoms with Gasteiger partial charge in [0.1, 0.15) is 0 Å². The SMILES string of the molecule is CC(C)(C)Cc1cc2c(nn1)[C@H]1CC[C@]2(C)C1(C)C. The minimum Gasteiger partial charge on any atom is -0.155 e. The predicted molar refractivity (Wildman–Crippen MR) is 78.3 cm³/mol. The van der Waals surface area contributed by atoms with Crippen molar-refractivity contribution in [3.05, 3.63) is 23.0 Å². The van der Waals surface area contributed by atoms with Crippen LogP contribution in [0.25, 0.3) is 0 Å². The number of fused-ring (bicyclic) bond motifs is 5. The van der Waals surface area contributed by atoms with Gasteiger partial charge in [-0.2, -0.15) is 10.2 Å². The highest BCUT2D eigenvalue weighted by molar-refractivity contribution is 5.45. The lowest BCUT2D eigenvalue weighted by molar-refractivity contribution is 0.230. The molecule has 2 bridgehead atoms. The molecule has 1 aromatic heterocycles. The molecule has 0 amide bonds. The average molecular weight is 258 g/mol. The Kier molecular flexibility index (Phi) is 2.47. The van der Waals surface area contributed by atoms with Crippen LogP contribution in [0.2, 0.25) is 0 Å². The van der Waals surface area contributed by atoms with Crippen LogP contribution in [0.1, 0.15) is 77.3 Å². The van der Waals surface area contributed by atoms with Crippen molar-refractivity contribution in [3.63, 3.8) is 0 Å². The predicted octanol–water partition coefficient (Wildman–Crippen LogP) is 4.24. The summed E-state index contributed by atoms with van der Waals surface area (Å²) in [6.07, 6.45) is 3.59. The van der Waals surface area contributed by atoms with Crippen LogP contribution in [0.5, 0.6) is 0 Å². The van der Waals surface area contributed by atoms with Gasteiger partial charge in [-0.1, -0.05) is 41.5 Å². The molecule has 1 saturated carbocycles. The number of nitrogens with zero attached hydrogens (tertiary/aromatic N) is 2. The summed E-state index contributed by atoms with van der Waals surface area (Å²) in [7, 11) is 0. The second-order valence-electron chi connectivity index (χ2n) is 8.52. The summed E-state index contributed by atoms with van der Waals surface area (Å²) in [4.78, 5) is 0. The van der Waals surface area contributed by atoms with Gasteiger partial charge >= 0.3 is 0 Å². The van der Waals surface area contributed by atoms with Crippen LogP contribution in [0.4, 0.5) is 0 Å². The Morgan fingerprint density at radius 3 is 2.53 bits per heavy atom. The second-order valence-corrected chi connectivity index (χ2v) is 8.52. The van der Waals surface area contributed by atoms with Gasteiger partial charge in [0.25, 0.3) is 0 Å². The highest BCUT2D eigenvalue weighted by Crippen LogP contribution is 2.67. The molecule has 0 unspecified atom stereocenters. The van der Waals surface area contributed by atoms with Gasteiger partial charge in [0.05, 0.1) is 11.4 Å². The molecule has 0 spiro atoms. The molecule has 1 fully saturated rings. The molecule has 2 aliphatic carbocycles. The van der Waals surface area contributed by atoms with Crippen molar-refractivity contribution in [2.75, 3.05) is 0 Å². The van der Waals surface area contributed by atoms with Crippen LogP contribution in [0.15, 0.2) is 6.07 Å². The lowest BCUT2D eigenvalue weighted by Crippen LogP contribution is -2.31. The maximum atomic E-state index is 4.62. The van der Waals surface area contributed by atoms with Crippen LogP contribution in [-0.4, -0.2) is 10.2 Å². The molecule has 2 nitrogen and oxygen atoms in total. The van der Waals surface area contributed by atoms with Crippen LogP contribution in [0.3, 0.4) is 0 Å². The minimum atomic E-state index is 0.275. The highest BCUT2D eigenvalue weighted by atomic mass is 15.1. The first-order valence-electron chi connectivity index (χ1n) is 7.52. The lowest BCUT2D eigenvalue weighted by Gasteiger charge is -2.35. The van der Waals surface area contributed by atoms with Gasteiger partial charge in [0, 0.05) is 11.3 Å². The van der Waals surface area contributed by atoms with E-state index in [4.69, 9.17) is 0 Å². The van der Waals surface area contributed by atoms with Crippen molar-refractivity contribution in [2.24, 2.45) is 10.8 Å². The molecule has 1 heterocycles. The zero-order valence-electron chi connectivity index (χ0n) is 13.2. The van der Waals surface area contributed by atoms with Gasteiger partial charge in [-0.05, 0) is 41.7 Å². The van der Waals surface area contributed by atoms with Gasteiger partial charge in [0.2, 0.25) is 0 Å². The van der Waals surface area contributed by atoms with Gasteiger partial charge in [0.15, 0.2) is 0 Å². The van der Waals surface area contributed by atoms with Crippen molar-refractivity contribution in [1.29, 1.82) is 0 Å². The number of aromatic nitrogens is 2. The summed E-state index contributed by atoms with van der Waals surface area (Å²) >= 11 is 0. The van der Waals surface area contributed by atoms with Gasteiger partial charge < -0.3 is 0 Å². The van der Waals surface area contributed by atoms with E-state index >= 15 is 0 Å². The fraction of sp³-hybridized carbons (Fsp3) is 0.765. The minimum absolute atomic E-state index is 0.275. The zero-order valence-corrected chi connectivity index (χ0v) is 13.2. The third-order valence-corrected chi connectivity index (χ3v) is 5.74. The molecule has 0 aromatic carbocycles. The third-order valence-electron chi connectivity index (χ3n) is 5.74. The van der Waals surface area contributed by atoms with E-state index < -0.39 is 0 Å². The molecule has 2 aliphatic rings. The van der Waals surface area contributed by atoms with E-state index in [0.29, 0.717) is 16.7 Å². The molecule has 1 aromatic rings.